The van der Waals surface area contributed by atoms with Crippen molar-refractivity contribution in [1.29, 1.82) is 0 Å². The first kappa shape index (κ1) is 26.4. The normalized spacial score (nSPS) is 12.1. The van der Waals surface area contributed by atoms with Crippen molar-refractivity contribution in [1.82, 2.24) is 15.0 Å². The van der Waals surface area contributed by atoms with Crippen LogP contribution in [0.2, 0.25) is 0 Å². The van der Waals surface area contributed by atoms with Gasteiger partial charge >= 0.3 is 206 Å². The van der Waals surface area contributed by atoms with Crippen LogP contribution in [0.1, 0.15) is 16.7 Å². The Hall–Kier alpha value is -3.18. The predicted molar refractivity (Wildman–Crippen MR) is 126 cm³/mol. The number of hydrogen-bond donors (Lipinski definition) is 2. The van der Waals surface area contributed by atoms with Crippen LogP contribution in [0.25, 0.3) is 0 Å². The maximum atomic E-state index is 13.6. The molecule has 0 aliphatic rings. The number of rotatable bonds is 9. The Morgan fingerprint density at radius 3 is 2.46 bits per heavy atom. The van der Waals surface area contributed by atoms with Crippen LogP contribution in [-0.2, 0) is 34.0 Å². The van der Waals surface area contributed by atoms with Gasteiger partial charge in [-0.1, -0.05) is 0 Å². The second-order valence-electron chi connectivity index (χ2n) is 7.42. The number of alkyl halides is 3. The van der Waals surface area contributed by atoms with E-state index >= 15 is 0 Å². The SMILES string of the molecule is CN(c1ncccc1CNc1nc([AsH]c2ccc(CC(=O)O)cc2)ncc1C(F)(F)F)S(C)(=O)=O. The van der Waals surface area contributed by atoms with Crippen LogP contribution >= 0.6 is 0 Å². The van der Waals surface area contributed by atoms with Crippen molar-refractivity contribution in [2.75, 3.05) is 22.9 Å². The molecule has 186 valence electrons. The quantitative estimate of drug-likeness (QED) is 0.364. The molecule has 3 rings (SSSR count). The zero-order valence-electron chi connectivity index (χ0n) is 18.5. The van der Waals surface area contributed by atoms with Gasteiger partial charge in [-0.3, -0.25) is 0 Å². The van der Waals surface area contributed by atoms with Crippen molar-refractivity contribution in [3.8, 4) is 0 Å². The summed E-state index contributed by atoms with van der Waals surface area (Å²) in [4.78, 5) is 22.9. The van der Waals surface area contributed by atoms with E-state index in [1.54, 1.807) is 36.4 Å². The van der Waals surface area contributed by atoms with Crippen LogP contribution in [0.15, 0.2) is 48.8 Å². The van der Waals surface area contributed by atoms with Crippen molar-refractivity contribution in [3.63, 3.8) is 0 Å². The summed E-state index contributed by atoms with van der Waals surface area (Å²) in [6.45, 7) is -0.160. The average Bonchev–Trinajstić information content (AvgIpc) is 2.77. The van der Waals surface area contributed by atoms with E-state index in [4.69, 9.17) is 5.11 Å². The van der Waals surface area contributed by atoms with E-state index in [0.29, 0.717) is 11.1 Å². The number of hydrogen-bond acceptors (Lipinski definition) is 7. The standard InChI is InChI=1S/C21H21AsF3N5O4S/c1-30(35(2,33)34)19-14(4-3-9-26-19)11-27-18-16(21(23,24)25)12-28-20(29-18)22-15-7-5-13(6-8-15)10-17(31)32/h3-9,12,22H,10-11H2,1-2H3,(H,31,32)(H,27,28,29). The molecule has 2 N–H and O–H groups in total. The summed E-state index contributed by atoms with van der Waals surface area (Å²) in [6, 6.07) is 9.84. The molecular weight excluding hydrogens is 550 g/mol. The maximum absolute atomic E-state index is 13.6. The Morgan fingerprint density at radius 2 is 1.86 bits per heavy atom. The van der Waals surface area contributed by atoms with Crippen LogP contribution in [0.3, 0.4) is 0 Å². The molecule has 1 aromatic carbocycles. The molecule has 1 unspecified atom stereocenters. The topological polar surface area (TPSA) is 125 Å². The number of benzene rings is 1. The Kier molecular flexibility index (Phi) is 8.01. The first-order valence-corrected chi connectivity index (χ1v) is 13.9. The molecule has 0 fully saturated rings. The molecule has 0 radical (unpaired) electrons. The van der Waals surface area contributed by atoms with E-state index in [2.05, 4.69) is 20.3 Å². The van der Waals surface area contributed by atoms with Gasteiger partial charge in [-0.15, -0.1) is 0 Å². The van der Waals surface area contributed by atoms with E-state index in [1.165, 1.54) is 13.2 Å². The molecule has 0 aliphatic carbocycles. The van der Waals surface area contributed by atoms with Gasteiger partial charge in [0.15, 0.2) is 0 Å². The van der Waals surface area contributed by atoms with Crippen LogP contribution < -0.4 is 18.6 Å². The zero-order chi connectivity index (χ0) is 25.8. The van der Waals surface area contributed by atoms with Crippen LogP contribution in [-0.4, -0.2) is 63.5 Å². The molecule has 2 heterocycles. The average molecular weight is 571 g/mol. The molecule has 0 amide bonds. The third-order valence-electron chi connectivity index (χ3n) is 4.77. The third-order valence-corrected chi connectivity index (χ3v) is 8.22. The van der Waals surface area contributed by atoms with Gasteiger partial charge in [-0.05, 0) is 0 Å². The minimum atomic E-state index is -4.71. The molecule has 0 saturated carbocycles. The van der Waals surface area contributed by atoms with Gasteiger partial charge in [-0.2, -0.15) is 0 Å². The molecule has 0 aliphatic heterocycles. The number of pyridine rings is 1. The number of sulfonamides is 1. The number of aromatic nitrogens is 3. The molecule has 3 aromatic rings. The molecule has 0 saturated heterocycles. The number of carboxylic acids is 1. The summed E-state index contributed by atoms with van der Waals surface area (Å²) in [6.07, 6.45) is -1.73. The monoisotopic (exact) mass is 571 g/mol. The number of aliphatic carboxylic acids is 1. The van der Waals surface area contributed by atoms with Crippen LogP contribution in [0.5, 0.6) is 0 Å². The number of nitrogens with one attached hydrogen (secondary N) is 1. The summed E-state index contributed by atoms with van der Waals surface area (Å²) >= 11 is -1.21. The zero-order valence-corrected chi connectivity index (χ0v) is 21.5. The van der Waals surface area contributed by atoms with Crippen molar-refractivity contribution >= 4 is 52.3 Å². The molecule has 35 heavy (non-hydrogen) atoms. The summed E-state index contributed by atoms with van der Waals surface area (Å²) in [5, 5.41) is 11.5. The number of anilines is 2. The Morgan fingerprint density at radius 1 is 1.17 bits per heavy atom. The number of carbonyl (C=O) groups is 1. The Labute approximate surface area is 206 Å². The second kappa shape index (κ2) is 10.6. The fourth-order valence-corrected chi connectivity index (χ4v) is 5.32. The molecule has 0 bridgehead atoms. The summed E-state index contributed by atoms with van der Waals surface area (Å²) in [5.74, 6) is -1.30. The Balaban J connectivity index is 1.87. The molecule has 2 aromatic heterocycles. The van der Waals surface area contributed by atoms with E-state index in [9.17, 15) is 26.4 Å². The van der Waals surface area contributed by atoms with E-state index in [1.807, 2.05) is 0 Å². The summed E-state index contributed by atoms with van der Waals surface area (Å²) in [5.41, 5.74) is -0.0832. The van der Waals surface area contributed by atoms with E-state index < -0.39 is 49.3 Å². The van der Waals surface area contributed by atoms with E-state index in [-0.39, 0.29) is 23.4 Å². The van der Waals surface area contributed by atoms with Crippen LogP contribution in [0, 0.1) is 0 Å². The van der Waals surface area contributed by atoms with E-state index in [0.717, 1.165) is 21.1 Å². The first-order chi connectivity index (χ1) is 16.3. The van der Waals surface area contributed by atoms with Gasteiger partial charge < -0.3 is 0 Å². The number of halogens is 3. The van der Waals surface area contributed by atoms with Gasteiger partial charge in [0.1, 0.15) is 0 Å². The number of carboxylic acid groups (broad SMARTS) is 1. The molecule has 1 atom stereocenters. The molecular formula is C21H21AsF3N5O4S. The number of nitrogens with zero attached hydrogens (tertiary/aromatic N) is 4. The van der Waals surface area contributed by atoms with Crippen molar-refractivity contribution in [3.05, 3.63) is 65.5 Å². The van der Waals surface area contributed by atoms with Gasteiger partial charge in [0, 0.05) is 0 Å². The van der Waals surface area contributed by atoms with Gasteiger partial charge in [0.2, 0.25) is 0 Å². The van der Waals surface area contributed by atoms with Crippen LogP contribution in [0.4, 0.5) is 24.8 Å². The second-order valence-corrected chi connectivity index (χ2v) is 12.1. The van der Waals surface area contributed by atoms with Crippen molar-refractivity contribution in [2.45, 2.75) is 19.1 Å². The van der Waals surface area contributed by atoms with Gasteiger partial charge in [0.05, 0.1) is 0 Å². The van der Waals surface area contributed by atoms with Gasteiger partial charge in [-0.25, -0.2) is 0 Å². The molecule has 0 spiro atoms. The fraction of sp³-hybridized carbons (Fsp3) is 0.238. The first-order valence-electron chi connectivity index (χ1n) is 9.98. The van der Waals surface area contributed by atoms with Crippen molar-refractivity contribution < 1.29 is 31.5 Å². The predicted octanol–water partition coefficient (Wildman–Crippen LogP) is 0.913. The summed E-state index contributed by atoms with van der Waals surface area (Å²) < 4.78 is 66.6. The molecule has 14 heteroatoms. The van der Waals surface area contributed by atoms with Gasteiger partial charge in [0.25, 0.3) is 0 Å². The fourth-order valence-electron chi connectivity index (χ4n) is 2.98. The molecule has 9 nitrogen and oxygen atoms in total. The minimum absolute atomic E-state index is 0.0835. The van der Waals surface area contributed by atoms with Crippen molar-refractivity contribution in [2.24, 2.45) is 0 Å². The Bertz CT molecular complexity index is 1320. The third kappa shape index (κ3) is 7.15. The summed E-state index contributed by atoms with van der Waals surface area (Å²) in [7, 11) is -2.33.